The molecule has 0 aliphatic heterocycles. The SMILES string of the molecule is c1ccc2cc(Sc3ccc(OCCC4CCCCC4)c4ccccc34)ccc2c1. The molecule has 0 radical (unpaired) electrons. The van der Waals surface area contributed by atoms with Crippen LogP contribution in [0.15, 0.2) is 88.7 Å². The number of benzene rings is 4. The van der Waals surface area contributed by atoms with Crippen LogP contribution in [0.2, 0.25) is 0 Å². The van der Waals surface area contributed by atoms with Gasteiger partial charge in [0, 0.05) is 15.2 Å². The summed E-state index contributed by atoms with van der Waals surface area (Å²) in [4.78, 5) is 2.55. The second-order valence-corrected chi connectivity index (χ2v) is 9.47. The summed E-state index contributed by atoms with van der Waals surface area (Å²) in [6.07, 6.45) is 8.15. The van der Waals surface area contributed by atoms with Gasteiger partial charge in [0.1, 0.15) is 5.75 Å². The third-order valence-corrected chi connectivity index (χ3v) is 7.37. The largest absolute Gasteiger partial charge is 0.493 e. The predicted molar refractivity (Wildman–Crippen MR) is 129 cm³/mol. The molecule has 1 nitrogen and oxygen atoms in total. The van der Waals surface area contributed by atoms with E-state index in [-0.39, 0.29) is 0 Å². The van der Waals surface area contributed by atoms with E-state index in [1.165, 1.54) is 69.9 Å². The van der Waals surface area contributed by atoms with Crippen LogP contribution in [0.5, 0.6) is 5.75 Å². The molecule has 5 rings (SSSR count). The fraction of sp³-hybridized carbons (Fsp3) is 0.286. The van der Waals surface area contributed by atoms with Crippen LogP contribution in [0.3, 0.4) is 0 Å². The van der Waals surface area contributed by atoms with Gasteiger partial charge >= 0.3 is 0 Å². The molecule has 0 atom stereocenters. The molecule has 1 aliphatic carbocycles. The molecule has 0 saturated heterocycles. The number of ether oxygens (including phenoxy) is 1. The Hall–Kier alpha value is -2.45. The zero-order chi connectivity index (χ0) is 20.2. The van der Waals surface area contributed by atoms with E-state index in [1.807, 2.05) is 11.8 Å². The van der Waals surface area contributed by atoms with E-state index in [4.69, 9.17) is 4.74 Å². The van der Waals surface area contributed by atoms with Crippen molar-refractivity contribution in [3.8, 4) is 5.75 Å². The molecule has 30 heavy (non-hydrogen) atoms. The van der Waals surface area contributed by atoms with Crippen LogP contribution in [-0.2, 0) is 0 Å². The number of hydrogen-bond acceptors (Lipinski definition) is 2. The molecule has 0 amide bonds. The van der Waals surface area contributed by atoms with E-state index in [2.05, 4.69) is 78.9 Å². The second kappa shape index (κ2) is 9.14. The van der Waals surface area contributed by atoms with E-state index >= 15 is 0 Å². The Kier molecular flexibility index (Phi) is 5.94. The summed E-state index contributed by atoms with van der Waals surface area (Å²) in [5.74, 6) is 1.87. The van der Waals surface area contributed by atoms with Crippen LogP contribution in [-0.4, -0.2) is 6.61 Å². The Morgan fingerprint density at radius 3 is 2.37 bits per heavy atom. The number of fused-ring (bicyclic) bond motifs is 2. The summed E-state index contributed by atoms with van der Waals surface area (Å²) in [5, 5.41) is 5.06. The van der Waals surface area contributed by atoms with Gasteiger partial charge in [0.25, 0.3) is 0 Å². The average molecular weight is 413 g/mol. The fourth-order valence-electron chi connectivity index (χ4n) is 4.63. The van der Waals surface area contributed by atoms with Gasteiger partial charge < -0.3 is 4.74 Å². The van der Waals surface area contributed by atoms with Crippen molar-refractivity contribution in [2.24, 2.45) is 5.92 Å². The van der Waals surface area contributed by atoms with E-state index < -0.39 is 0 Å². The Morgan fingerprint density at radius 2 is 1.50 bits per heavy atom. The topological polar surface area (TPSA) is 9.23 Å². The molecule has 1 saturated carbocycles. The zero-order valence-electron chi connectivity index (χ0n) is 17.3. The summed E-state index contributed by atoms with van der Waals surface area (Å²) in [6, 6.07) is 28.3. The monoisotopic (exact) mass is 412 g/mol. The number of rotatable bonds is 6. The molecular formula is C28H28OS. The van der Waals surface area contributed by atoms with Crippen molar-refractivity contribution >= 4 is 33.3 Å². The fourth-order valence-corrected chi connectivity index (χ4v) is 5.63. The van der Waals surface area contributed by atoms with Crippen LogP contribution in [0.4, 0.5) is 0 Å². The first-order valence-corrected chi connectivity index (χ1v) is 12.0. The van der Waals surface area contributed by atoms with Gasteiger partial charge in [-0.15, -0.1) is 0 Å². The van der Waals surface area contributed by atoms with Crippen LogP contribution < -0.4 is 4.74 Å². The minimum Gasteiger partial charge on any atom is -0.493 e. The van der Waals surface area contributed by atoms with Crippen LogP contribution >= 0.6 is 11.8 Å². The average Bonchev–Trinajstić information content (AvgIpc) is 2.81. The molecule has 4 aromatic rings. The second-order valence-electron chi connectivity index (χ2n) is 8.36. The maximum atomic E-state index is 6.28. The van der Waals surface area contributed by atoms with Gasteiger partial charge in [0.05, 0.1) is 6.61 Å². The summed E-state index contributed by atoms with van der Waals surface area (Å²) < 4.78 is 6.28. The van der Waals surface area contributed by atoms with Gasteiger partial charge in [-0.05, 0) is 52.8 Å². The lowest BCUT2D eigenvalue weighted by Crippen LogP contribution is -2.10. The molecule has 0 N–H and O–H groups in total. The van der Waals surface area contributed by atoms with Crippen molar-refractivity contribution in [1.29, 1.82) is 0 Å². The minimum atomic E-state index is 0.825. The summed E-state index contributed by atoms with van der Waals surface area (Å²) in [7, 11) is 0. The van der Waals surface area contributed by atoms with E-state index in [0.717, 1.165) is 18.3 Å². The lowest BCUT2D eigenvalue weighted by atomic mass is 9.87. The van der Waals surface area contributed by atoms with Crippen molar-refractivity contribution in [2.75, 3.05) is 6.61 Å². The van der Waals surface area contributed by atoms with Gasteiger partial charge in [-0.1, -0.05) is 98.5 Å². The molecule has 1 aliphatic rings. The van der Waals surface area contributed by atoms with Crippen molar-refractivity contribution in [3.05, 3.63) is 78.9 Å². The molecule has 4 aromatic carbocycles. The first kappa shape index (κ1) is 19.5. The highest BCUT2D eigenvalue weighted by Crippen LogP contribution is 2.38. The quantitative estimate of drug-likeness (QED) is 0.314. The third kappa shape index (κ3) is 4.34. The van der Waals surface area contributed by atoms with Gasteiger partial charge in [0.15, 0.2) is 0 Å². The summed E-state index contributed by atoms with van der Waals surface area (Å²) >= 11 is 1.83. The van der Waals surface area contributed by atoms with E-state index in [0.29, 0.717) is 0 Å². The van der Waals surface area contributed by atoms with Crippen molar-refractivity contribution < 1.29 is 4.74 Å². The third-order valence-electron chi connectivity index (χ3n) is 6.30. The molecule has 0 aromatic heterocycles. The highest BCUT2D eigenvalue weighted by atomic mass is 32.2. The Balaban J connectivity index is 1.36. The first-order valence-electron chi connectivity index (χ1n) is 11.2. The summed E-state index contributed by atoms with van der Waals surface area (Å²) in [6.45, 7) is 0.825. The van der Waals surface area contributed by atoms with Crippen molar-refractivity contribution in [3.63, 3.8) is 0 Å². The van der Waals surface area contributed by atoms with Gasteiger partial charge in [-0.3, -0.25) is 0 Å². The van der Waals surface area contributed by atoms with Gasteiger partial charge in [-0.25, -0.2) is 0 Å². The van der Waals surface area contributed by atoms with Crippen molar-refractivity contribution in [1.82, 2.24) is 0 Å². The van der Waals surface area contributed by atoms with E-state index in [1.54, 1.807) is 0 Å². The maximum Gasteiger partial charge on any atom is 0.127 e. The highest BCUT2D eigenvalue weighted by Gasteiger charge is 2.14. The Morgan fingerprint density at radius 1 is 0.733 bits per heavy atom. The summed E-state index contributed by atoms with van der Waals surface area (Å²) in [5.41, 5.74) is 0. The maximum absolute atomic E-state index is 6.28. The smallest absolute Gasteiger partial charge is 0.127 e. The molecule has 0 heterocycles. The molecule has 2 heteroatoms. The highest BCUT2D eigenvalue weighted by molar-refractivity contribution is 7.99. The zero-order valence-corrected chi connectivity index (χ0v) is 18.2. The van der Waals surface area contributed by atoms with E-state index in [9.17, 15) is 0 Å². The van der Waals surface area contributed by atoms with Crippen molar-refractivity contribution in [2.45, 2.75) is 48.3 Å². The normalized spacial score (nSPS) is 14.9. The lowest BCUT2D eigenvalue weighted by Gasteiger charge is -2.21. The molecule has 152 valence electrons. The molecular weight excluding hydrogens is 384 g/mol. The van der Waals surface area contributed by atoms with Crippen LogP contribution in [0.25, 0.3) is 21.5 Å². The Bertz CT molecular complexity index is 1140. The molecule has 1 fully saturated rings. The first-order chi connectivity index (χ1) is 14.9. The van der Waals surface area contributed by atoms with Crippen LogP contribution in [0, 0.1) is 5.92 Å². The molecule has 0 bridgehead atoms. The van der Waals surface area contributed by atoms with Crippen LogP contribution in [0.1, 0.15) is 38.5 Å². The predicted octanol–water partition coefficient (Wildman–Crippen LogP) is 8.49. The van der Waals surface area contributed by atoms with Gasteiger partial charge in [0.2, 0.25) is 0 Å². The number of hydrogen-bond donors (Lipinski definition) is 0. The molecule has 0 spiro atoms. The molecule has 0 unspecified atom stereocenters. The minimum absolute atomic E-state index is 0.825. The standard InChI is InChI=1S/C28H28OS/c1-2-8-21(9-3-1)18-19-29-27-16-17-28(26-13-7-6-12-25(26)27)30-24-15-14-22-10-4-5-11-23(22)20-24/h4-7,10-17,20-21H,1-3,8-9,18-19H2. The lowest BCUT2D eigenvalue weighted by molar-refractivity contribution is 0.248. The Labute approximate surface area is 183 Å². The van der Waals surface area contributed by atoms with Gasteiger partial charge in [-0.2, -0.15) is 0 Å².